The molecule has 0 aromatic heterocycles. The number of hydrogen-bond donors (Lipinski definition) is 2. The Morgan fingerprint density at radius 3 is 2.71 bits per heavy atom. The van der Waals surface area contributed by atoms with Crippen LogP contribution in [0, 0.1) is 5.92 Å². The summed E-state index contributed by atoms with van der Waals surface area (Å²) < 4.78 is 6.66. The molecular weight excluding hydrogens is 368 g/mol. The van der Waals surface area contributed by atoms with Crippen LogP contribution in [0.25, 0.3) is 0 Å². The van der Waals surface area contributed by atoms with Crippen molar-refractivity contribution in [2.45, 2.75) is 44.1 Å². The normalized spacial score (nSPS) is 26.8. The van der Waals surface area contributed by atoms with Gasteiger partial charge >= 0.3 is 0 Å². The van der Waals surface area contributed by atoms with E-state index in [4.69, 9.17) is 4.74 Å². The second-order valence-corrected chi connectivity index (χ2v) is 8.11. The molecule has 0 spiro atoms. The molecule has 0 bridgehead atoms. The fourth-order valence-corrected chi connectivity index (χ4v) is 4.17. The van der Waals surface area contributed by atoms with Crippen LogP contribution in [0.4, 0.5) is 0 Å². The third-order valence-electron chi connectivity index (χ3n) is 5.50. The Balaban J connectivity index is 1.68. The van der Waals surface area contributed by atoms with Crippen molar-refractivity contribution in [2.75, 3.05) is 26.3 Å². The number of ether oxygens (including phenoxy) is 1. The largest absolute Gasteiger partial charge is 0.381 e. The molecule has 1 aromatic carbocycles. The molecule has 3 rings (SSSR count). The summed E-state index contributed by atoms with van der Waals surface area (Å²) in [6.07, 6.45) is 3.78. The van der Waals surface area contributed by atoms with E-state index in [2.05, 4.69) is 57.8 Å². The molecule has 24 heavy (non-hydrogen) atoms. The Morgan fingerprint density at radius 1 is 1.33 bits per heavy atom. The first kappa shape index (κ1) is 17.9. The summed E-state index contributed by atoms with van der Waals surface area (Å²) in [7, 11) is 0. The maximum atomic E-state index is 12.6. The van der Waals surface area contributed by atoms with Gasteiger partial charge in [0.2, 0.25) is 5.91 Å². The minimum atomic E-state index is -0.00680. The van der Waals surface area contributed by atoms with Gasteiger partial charge in [-0.1, -0.05) is 28.1 Å². The molecule has 0 unspecified atom stereocenters. The van der Waals surface area contributed by atoms with Crippen molar-refractivity contribution in [3.05, 3.63) is 34.3 Å². The summed E-state index contributed by atoms with van der Waals surface area (Å²) >= 11 is 3.51. The van der Waals surface area contributed by atoms with E-state index in [1.165, 1.54) is 5.56 Å². The van der Waals surface area contributed by atoms with Crippen LogP contribution in [0.3, 0.4) is 0 Å². The average molecular weight is 395 g/mol. The van der Waals surface area contributed by atoms with E-state index in [0.717, 1.165) is 49.9 Å². The number of halogens is 1. The zero-order chi connectivity index (χ0) is 17.0. The molecule has 0 radical (unpaired) electrons. The fraction of sp³-hybridized carbons (Fsp3) is 0.632. The van der Waals surface area contributed by atoms with Crippen molar-refractivity contribution in [1.82, 2.24) is 10.6 Å². The summed E-state index contributed by atoms with van der Waals surface area (Å²) in [5.74, 6) is 0.356. The monoisotopic (exact) mass is 394 g/mol. The number of benzene rings is 1. The van der Waals surface area contributed by atoms with Gasteiger partial charge in [-0.05, 0) is 56.8 Å². The average Bonchev–Trinajstić information content (AvgIpc) is 2.61. The summed E-state index contributed by atoms with van der Waals surface area (Å²) in [5, 5.41) is 6.67. The zero-order valence-corrected chi connectivity index (χ0v) is 15.9. The van der Waals surface area contributed by atoms with E-state index < -0.39 is 0 Å². The molecule has 0 saturated carbocycles. The number of piperidine rings is 1. The standard InChI is InChI=1S/C19H27BrN2O2/c1-14-12-15(6-9-21-14)18(23)22-13-19(7-10-24-11-8-19)16-2-4-17(20)5-3-16/h2-5,14-15,21H,6-13H2,1H3,(H,22,23)/t14-,15-/m0/s1. The zero-order valence-electron chi connectivity index (χ0n) is 14.3. The van der Waals surface area contributed by atoms with Gasteiger partial charge in [0.05, 0.1) is 0 Å². The van der Waals surface area contributed by atoms with Gasteiger partial charge in [-0.15, -0.1) is 0 Å². The molecule has 5 heteroatoms. The molecule has 1 amide bonds. The van der Waals surface area contributed by atoms with Crippen LogP contribution in [0.15, 0.2) is 28.7 Å². The van der Waals surface area contributed by atoms with Crippen LogP contribution >= 0.6 is 15.9 Å². The highest BCUT2D eigenvalue weighted by Gasteiger charge is 2.35. The van der Waals surface area contributed by atoms with Crippen molar-refractivity contribution >= 4 is 21.8 Å². The Hall–Kier alpha value is -0.910. The van der Waals surface area contributed by atoms with E-state index >= 15 is 0 Å². The molecule has 2 saturated heterocycles. The smallest absolute Gasteiger partial charge is 0.223 e. The van der Waals surface area contributed by atoms with E-state index in [-0.39, 0.29) is 17.2 Å². The van der Waals surface area contributed by atoms with Gasteiger partial charge in [-0.3, -0.25) is 4.79 Å². The molecular formula is C19H27BrN2O2. The van der Waals surface area contributed by atoms with Crippen LogP contribution in [0.2, 0.25) is 0 Å². The minimum absolute atomic E-state index is 0.00680. The second-order valence-electron chi connectivity index (χ2n) is 7.19. The Labute approximate surface area is 152 Å². The van der Waals surface area contributed by atoms with Gasteiger partial charge in [0, 0.05) is 41.6 Å². The maximum absolute atomic E-state index is 12.6. The van der Waals surface area contributed by atoms with Crippen LogP contribution in [0.5, 0.6) is 0 Å². The Morgan fingerprint density at radius 2 is 2.04 bits per heavy atom. The van der Waals surface area contributed by atoms with Crippen molar-refractivity contribution in [2.24, 2.45) is 5.92 Å². The van der Waals surface area contributed by atoms with Crippen molar-refractivity contribution in [1.29, 1.82) is 0 Å². The van der Waals surface area contributed by atoms with E-state index in [1.807, 2.05) is 0 Å². The number of amides is 1. The highest BCUT2D eigenvalue weighted by Crippen LogP contribution is 2.35. The lowest BCUT2D eigenvalue weighted by Crippen LogP contribution is -2.48. The number of rotatable bonds is 4. The van der Waals surface area contributed by atoms with Gasteiger partial charge in [0.25, 0.3) is 0 Å². The molecule has 2 atom stereocenters. The summed E-state index contributed by atoms with van der Waals surface area (Å²) in [5.41, 5.74) is 1.29. The Kier molecular flexibility index (Phi) is 5.95. The third-order valence-corrected chi connectivity index (χ3v) is 6.03. The van der Waals surface area contributed by atoms with Crippen molar-refractivity contribution < 1.29 is 9.53 Å². The minimum Gasteiger partial charge on any atom is -0.381 e. The quantitative estimate of drug-likeness (QED) is 0.824. The second kappa shape index (κ2) is 7.98. The predicted molar refractivity (Wildman–Crippen MR) is 99.1 cm³/mol. The van der Waals surface area contributed by atoms with E-state index in [0.29, 0.717) is 12.6 Å². The molecule has 132 valence electrons. The van der Waals surface area contributed by atoms with Gasteiger partial charge in [-0.2, -0.15) is 0 Å². The van der Waals surface area contributed by atoms with Crippen LogP contribution in [-0.4, -0.2) is 38.3 Å². The molecule has 2 aliphatic rings. The lowest BCUT2D eigenvalue weighted by molar-refractivity contribution is -0.126. The van der Waals surface area contributed by atoms with Gasteiger partial charge in [0.1, 0.15) is 0 Å². The number of carbonyl (C=O) groups is 1. The highest BCUT2D eigenvalue weighted by atomic mass is 79.9. The topological polar surface area (TPSA) is 50.4 Å². The van der Waals surface area contributed by atoms with Gasteiger partial charge in [0.15, 0.2) is 0 Å². The number of hydrogen-bond acceptors (Lipinski definition) is 3. The van der Waals surface area contributed by atoms with Crippen molar-refractivity contribution in [3.63, 3.8) is 0 Å². The molecule has 2 aliphatic heterocycles. The maximum Gasteiger partial charge on any atom is 0.223 e. The first-order valence-corrected chi connectivity index (χ1v) is 9.73. The van der Waals surface area contributed by atoms with E-state index in [9.17, 15) is 4.79 Å². The van der Waals surface area contributed by atoms with Crippen molar-refractivity contribution in [3.8, 4) is 0 Å². The van der Waals surface area contributed by atoms with Crippen LogP contribution in [0.1, 0.15) is 38.2 Å². The van der Waals surface area contributed by atoms with Gasteiger partial charge in [-0.25, -0.2) is 0 Å². The molecule has 4 nitrogen and oxygen atoms in total. The predicted octanol–water partition coefficient (Wildman–Crippen LogP) is 3.00. The fourth-order valence-electron chi connectivity index (χ4n) is 3.90. The first-order chi connectivity index (χ1) is 11.6. The summed E-state index contributed by atoms with van der Waals surface area (Å²) in [6.45, 7) is 5.31. The van der Waals surface area contributed by atoms with Gasteiger partial charge < -0.3 is 15.4 Å². The summed E-state index contributed by atoms with van der Waals surface area (Å²) in [6, 6.07) is 8.95. The van der Waals surface area contributed by atoms with E-state index in [1.54, 1.807) is 0 Å². The number of nitrogens with one attached hydrogen (secondary N) is 2. The lowest BCUT2D eigenvalue weighted by Gasteiger charge is -2.38. The molecule has 2 N–H and O–H groups in total. The molecule has 2 fully saturated rings. The third kappa shape index (κ3) is 4.19. The Bertz CT molecular complexity index is 555. The summed E-state index contributed by atoms with van der Waals surface area (Å²) in [4.78, 5) is 12.6. The highest BCUT2D eigenvalue weighted by molar-refractivity contribution is 9.10. The molecule has 1 aromatic rings. The number of carbonyl (C=O) groups excluding carboxylic acids is 1. The first-order valence-electron chi connectivity index (χ1n) is 8.94. The molecule has 2 heterocycles. The van der Waals surface area contributed by atoms with Crippen LogP contribution in [-0.2, 0) is 14.9 Å². The molecule has 0 aliphatic carbocycles. The SMILES string of the molecule is C[C@H]1C[C@@H](C(=O)NCC2(c3ccc(Br)cc3)CCOCC2)CCN1. The lowest BCUT2D eigenvalue weighted by atomic mass is 9.74. The van der Waals surface area contributed by atoms with Crippen LogP contribution < -0.4 is 10.6 Å².